The molecule has 0 radical (unpaired) electrons. The minimum Gasteiger partial charge on any atom is -0.494 e. The highest BCUT2D eigenvalue weighted by Crippen LogP contribution is 2.38. The number of nitrogens with one attached hydrogen (secondary N) is 2. The number of ether oxygens (including phenoxy) is 1. The number of amides is 1. The van der Waals surface area contributed by atoms with Crippen LogP contribution in [0.2, 0.25) is 0 Å². The lowest BCUT2D eigenvalue weighted by Gasteiger charge is -2.26. The Balaban J connectivity index is 1.59. The third-order valence-corrected chi connectivity index (χ3v) is 6.52. The van der Waals surface area contributed by atoms with Gasteiger partial charge in [-0.05, 0) is 44.6 Å². The number of hydrogen-bond acceptors (Lipinski definition) is 9. The van der Waals surface area contributed by atoms with Crippen molar-refractivity contribution < 1.29 is 14.4 Å². The van der Waals surface area contributed by atoms with Gasteiger partial charge in [0.25, 0.3) is 0 Å². The van der Waals surface area contributed by atoms with Crippen LogP contribution >= 0.6 is 0 Å². The number of carbonyl (C=O) groups is 1. The van der Waals surface area contributed by atoms with Gasteiger partial charge in [0.2, 0.25) is 5.91 Å². The van der Waals surface area contributed by atoms with Gasteiger partial charge in [-0.2, -0.15) is 0 Å². The van der Waals surface area contributed by atoms with Gasteiger partial charge in [0.15, 0.2) is 5.82 Å². The third-order valence-electron chi connectivity index (χ3n) is 6.52. The average molecular weight is 532 g/mol. The Bertz CT molecular complexity index is 1270. The van der Waals surface area contributed by atoms with Crippen molar-refractivity contribution in [1.82, 2.24) is 14.9 Å². The first kappa shape index (κ1) is 27.9. The summed E-state index contributed by atoms with van der Waals surface area (Å²) in [5.41, 5.74) is 3.35. The van der Waals surface area contributed by atoms with Gasteiger partial charge >= 0.3 is 0 Å². The number of hydroxylamine groups is 1. The second-order valence-corrected chi connectivity index (χ2v) is 9.67. The SMILES string of the molecule is C=CC(=O)Nc1cc(Nc2cc(N3OCC[C@H]3Cc3ccccc3)ncn2)c(OC)cc1N(C)CCN(C)C. The van der Waals surface area contributed by atoms with Crippen molar-refractivity contribution in [3.05, 3.63) is 73.1 Å². The van der Waals surface area contributed by atoms with Gasteiger partial charge < -0.3 is 25.2 Å². The fraction of sp³-hybridized carbons (Fsp3) is 0.345. The molecule has 1 aliphatic heterocycles. The molecule has 1 aliphatic rings. The van der Waals surface area contributed by atoms with E-state index in [4.69, 9.17) is 9.57 Å². The highest BCUT2D eigenvalue weighted by Gasteiger charge is 2.28. The number of aromatic nitrogens is 2. The molecule has 39 heavy (non-hydrogen) atoms. The summed E-state index contributed by atoms with van der Waals surface area (Å²) in [5, 5.41) is 8.13. The predicted octanol–water partition coefficient (Wildman–Crippen LogP) is 4.10. The molecule has 0 saturated carbocycles. The summed E-state index contributed by atoms with van der Waals surface area (Å²) < 4.78 is 5.72. The second kappa shape index (κ2) is 13.1. The molecule has 2 aromatic carbocycles. The molecule has 10 heteroatoms. The topological polar surface area (TPSA) is 95.1 Å². The van der Waals surface area contributed by atoms with Crippen LogP contribution in [0.5, 0.6) is 5.75 Å². The first-order chi connectivity index (χ1) is 18.9. The van der Waals surface area contributed by atoms with Gasteiger partial charge in [-0.25, -0.2) is 15.0 Å². The molecular formula is C29H37N7O3. The maximum Gasteiger partial charge on any atom is 0.247 e. The van der Waals surface area contributed by atoms with E-state index in [1.165, 1.54) is 18.0 Å². The van der Waals surface area contributed by atoms with Crippen LogP contribution in [0.3, 0.4) is 0 Å². The van der Waals surface area contributed by atoms with Crippen molar-refractivity contribution in [2.75, 3.05) is 68.5 Å². The van der Waals surface area contributed by atoms with Gasteiger partial charge in [-0.1, -0.05) is 36.9 Å². The molecule has 0 aliphatic carbocycles. The summed E-state index contributed by atoms with van der Waals surface area (Å²) in [6.45, 7) is 5.83. The summed E-state index contributed by atoms with van der Waals surface area (Å²) in [6, 6.07) is 16.1. The molecule has 206 valence electrons. The van der Waals surface area contributed by atoms with E-state index in [0.29, 0.717) is 35.4 Å². The maximum atomic E-state index is 12.3. The predicted molar refractivity (Wildman–Crippen MR) is 156 cm³/mol. The number of likely N-dealkylation sites (N-methyl/N-ethyl adjacent to an activating group) is 2. The van der Waals surface area contributed by atoms with Gasteiger partial charge in [-0.3, -0.25) is 9.63 Å². The van der Waals surface area contributed by atoms with E-state index in [0.717, 1.165) is 31.6 Å². The van der Waals surface area contributed by atoms with Crippen molar-refractivity contribution >= 4 is 34.6 Å². The Morgan fingerprint density at radius 1 is 1.15 bits per heavy atom. The Kier molecular flexibility index (Phi) is 9.35. The number of hydrogen-bond donors (Lipinski definition) is 2. The zero-order valence-corrected chi connectivity index (χ0v) is 23.1. The van der Waals surface area contributed by atoms with E-state index in [1.54, 1.807) is 7.11 Å². The molecule has 0 unspecified atom stereocenters. The molecule has 1 aromatic heterocycles. The van der Waals surface area contributed by atoms with Gasteiger partial charge in [0.05, 0.1) is 36.8 Å². The maximum absolute atomic E-state index is 12.3. The number of rotatable bonds is 12. The van der Waals surface area contributed by atoms with Crippen molar-refractivity contribution in [2.24, 2.45) is 0 Å². The largest absolute Gasteiger partial charge is 0.494 e. The summed E-state index contributed by atoms with van der Waals surface area (Å²) in [7, 11) is 7.64. The van der Waals surface area contributed by atoms with Gasteiger partial charge in [0, 0.05) is 32.3 Å². The zero-order chi connectivity index (χ0) is 27.8. The van der Waals surface area contributed by atoms with Crippen molar-refractivity contribution in [1.29, 1.82) is 0 Å². The van der Waals surface area contributed by atoms with Gasteiger partial charge in [0.1, 0.15) is 17.9 Å². The monoisotopic (exact) mass is 531 g/mol. The molecule has 0 bridgehead atoms. The molecule has 10 nitrogen and oxygen atoms in total. The minimum absolute atomic E-state index is 0.169. The molecule has 4 rings (SSSR count). The summed E-state index contributed by atoms with van der Waals surface area (Å²) in [4.78, 5) is 31.3. The zero-order valence-electron chi connectivity index (χ0n) is 23.1. The average Bonchev–Trinajstić information content (AvgIpc) is 3.40. The summed E-state index contributed by atoms with van der Waals surface area (Å²) in [5.74, 6) is 1.55. The van der Waals surface area contributed by atoms with Crippen LogP contribution in [-0.2, 0) is 16.1 Å². The number of methoxy groups -OCH3 is 1. The Morgan fingerprint density at radius 2 is 1.95 bits per heavy atom. The number of benzene rings is 2. The van der Waals surface area contributed by atoms with E-state index >= 15 is 0 Å². The van der Waals surface area contributed by atoms with E-state index < -0.39 is 0 Å². The first-order valence-corrected chi connectivity index (χ1v) is 12.9. The lowest BCUT2D eigenvalue weighted by molar-refractivity contribution is -0.111. The second-order valence-electron chi connectivity index (χ2n) is 9.67. The van der Waals surface area contributed by atoms with Gasteiger partial charge in [-0.15, -0.1) is 0 Å². The number of anilines is 5. The van der Waals surface area contributed by atoms with Crippen LogP contribution in [0.15, 0.2) is 67.5 Å². The lowest BCUT2D eigenvalue weighted by Crippen LogP contribution is -2.30. The van der Waals surface area contributed by atoms with E-state index in [9.17, 15) is 4.79 Å². The summed E-state index contributed by atoms with van der Waals surface area (Å²) >= 11 is 0. The molecule has 2 N–H and O–H groups in total. The fourth-order valence-corrected chi connectivity index (χ4v) is 4.41. The summed E-state index contributed by atoms with van der Waals surface area (Å²) in [6.07, 6.45) is 4.52. The normalized spacial score (nSPS) is 14.8. The molecule has 1 saturated heterocycles. The third kappa shape index (κ3) is 7.24. The highest BCUT2D eigenvalue weighted by molar-refractivity contribution is 6.02. The first-order valence-electron chi connectivity index (χ1n) is 12.9. The highest BCUT2D eigenvalue weighted by atomic mass is 16.7. The standard InChI is InChI=1S/C29H37N7O3/c1-6-29(37)33-23-17-24(26(38-5)18-25(23)35(4)14-13-34(2)3)32-27-19-28(31-20-30-27)36-22(12-15-39-36)16-21-10-8-7-9-11-21/h6-11,17-20,22H,1,12-16H2,2-5H3,(H,33,37)(H,30,31,32)/t22-/m0/s1. The smallest absolute Gasteiger partial charge is 0.247 e. The number of carbonyl (C=O) groups excluding carboxylic acids is 1. The van der Waals surface area contributed by atoms with E-state index in [2.05, 4.69) is 49.1 Å². The van der Waals surface area contributed by atoms with E-state index in [-0.39, 0.29) is 11.9 Å². The van der Waals surface area contributed by atoms with E-state index in [1.807, 2.05) is 62.6 Å². The van der Waals surface area contributed by atoms with Crippen LogP contribution in [0.25, 0.3) is 0 Å². The molecule has 1 atom stereocenters. The fourth-order valence-electron chi connectivity index (χ4n) is 4.41. The van der Waals surface area contributed by atoms with Crippen LogP contribution in [0.1, 0.15) is 12.0 Å². The molecule has 2 heterocycles. The Morgan fingerprint density at radius 3 is 2.67 bits per heavy atom. The Hall–Kier alpha value is -4.15. The van der Waals surface area contributed by atoms with Crippen molar-refractivity contribution in [3.63, 3.8) is 0 Å². The molecule has 1 fully saturated rings. The minimum atomic E-state index is -0.298. The van der Waals surface area contributed by atoms with Crippen LogP contribution in [-0.4, -0.2) is 74.8 Å². The number of nitrogens with zero attached hydrogens (tertiary/aromatic N) is 5. The quantitative estimate of drug-likeness (QED) is 0.335. The molecule has 0 spiro atoms. The lowest BCUT2D eigenvalue weighted by atomic mass is 10.0. The van der Waals surface area contributed by atoms with Crippen LogP contribution in [0, 0.1) is 0 Å². The van der Waals surface area contributed by atoms with Crippen LogP contribution < -0.4 is 25.3 Å². The van der Waals surface area contributed by atoms with Crippen molar-refractivity contribution in [3.8, 4) is 5.75 Å². The van der Waals surface area contributed by atoms with Crippen LogP contribution in [0.4, 0.5) is 28.7 Å². The molecule has 3 aromatic rings. The molecular weight excluding hydrogens is 494 g/mol. The van der Waals surface area contributed by atoms with Crippen molar-refractivity contribution in [2.45, 2.75) is 18.9 Å². The Labute approximate surface area is 230 Å². The molecule has 1 amide bonds.